The molecule has 0 amide bonds. The van der Waals surface area contributed by atoms with E-state index < -0.39 is 0 Å². The molecule has 0 atom stereocenters. The van der Waals surface area contributed by atoms with E-state index in [-0.39, 0.29) is 0 Å². The summed E-state index contributed by atoms with van der Waals surface area (Å²) < 4.78 is 15.6. The lowest BCUT2D eigenvalue weighted by molar-refractivity contribution is 0.355. The van der Waals surface area contributed by atoms with Crippen molar-refractivity contribution in [2.24, 2.45) is 10.7 Å². The van der Waals surface area contributed by atoms with Gasteiger partial charge < -0.3 is 24.9 Å². The summed E-state index contributed by atoms with van der Waals surface area (Å²) in [6.45, 7) is 0.555. The molecule has 0 fully saturated rings. The fraction of sp³-hybridized carbons (Fsp3) is 0.267. The zero-order valence-electron chi connectivity index (χ0n) is 12.1. The Balaban J connectivity index is 1.93. The number of nitrogens with two attached hydrogens (primary N) is 1. The number of nitrogens with one attached hydrogen (secondary N) is 1. The number of hydrogen-bond donors (Lipinski definition) is 2. The minimum atomic E-state index is 0.341. The first kappa shape index (κ1) is 14.8. The van der Waals surface area contributed by atoms with Gasteiger partial charge in [0.1, 0.15) is 5.76 Å². The van der Waals surface area contributed by atoms with Gasteiger partial charge in [0.05, 0.1) is 20.5 Å². The van der Waals surface area contributed by atoms with Crippen LogP contribution in [0.25, 0.3) is 0 Å². The number of aliphatic imine (C=N–C) groups is 1. The number of rotatable bonds is 6. The predicted molar refractivity (Wildman–Crippen MR) is 82.1 cm³/mol. The zero-order chi connectivity index (χ0) is 15.1. The molecule has 21 heavy (non-hydrogen) atoms. The topological polar surface area (TPSA) is 82.0 Å². The molecule has 112 valence electrons. The maximum absolute atomic E-state index is 5.84. The maximum atomic E-state index is 5.84. The number of guanidine groups is 1. The van der Waals surface area contributed by atoms with Crippen molar-refractivity contribution in [2.45, 2.75) is 6.42 Å². The number of ether oxygens (including phenoxy) is 2. The molecule has 0 aliphatic heterocycles. The summed E-state index contributed by atoms with van der Waals surface area (Å²) in [6, 6.07) is 9.21. The number of nitrogens with zero attached hydrogens (tertiary/aromatic N) is 1. The molecule has 0 aliphatic rings. The van der Waals surface area contributed by atoms with Crippen LogP contribution in [-0.4, -0.2) is 26.7 Å². The van der Waals surface area contributed by atoms with Crippen LogP contribution in [0, 0.1) is 0 Å². The Morgan fingerprint density at radius 2 is 2.05 bits per heavy atom. The molecule has 1 heterocycles. The smallest absolute Gasteiger partial charge is 0.193 e. The Labute approximate surface area is 123 Å². The minimum Gasteiger partial charge on any atom is -0.493 e. The number of benzene rings is 1. The van der Waals surface area contributed by atoms with Gasteiger partial charge in [0, 0.05) is 24.7 Å². The van der Waals surface area contributed by atoms with E-state index in [1.54, 1.807) is 32.6 Å². The molecular formula is C15H19N3O3. The molecule has 2 aromatic rings. The second-order valence-electron chi connectivity index (χ2n) is 4.29. The molecule has 1 aromatic heterocycles. The van der Waals surface area contributed by atoms with Crippen molar-refractivity contribution in [2.75, 3.05) is 26.1 Å². The number of furan rings is 1. The molecule has 0 spiro atoms. The highest BCUT2D eigenvalue weighted by Gasteiger charge is 2.05. The van der Waals surface area contributed by atoms with Gasteiger partial charge in [0.15, 0.2) is 17.5 Å². The lowest BCUT2D eigenvalue weighted by atomic mass is 10.3. The molecule has 3 N–H and O–H groups in total. The summed E-state index contributed by atoms with van der Waals surface area (Å²) in [6.07, 6.45) is 2.35. The molecule has 0 bridgehead atoms. The van der Waals surface area contributed by atoms with E-state index in [4.69, 9.17) is 19.6 Å². The van der Waals surface area contributed by atoms with Crippen LogP contribution >= 0.6 is 0 Å². The summed E-state index contributed by atoms with van der Waals surface area (Å²) in [5.41, 5.74) is 6.63. The summed E-state index contributed by atoms with van der Waals surface area (Å²) in [4.78, 5) is 4.24. The Morgan fingerprint density at radius 1 is 1.24 bits per heavy atom. The Morgan fingerprint density at radius 3 is 2.71 bits per heavy atom. The van der Waals surface area contributed by atoms with Crippen molar-refractivity contribution >= 4 is 11.6 Å². The quantitative estimate of drug-likeness (QED) is 0.629. The minimum absolute atomic E-state index is 0.341. The monoisotopic (exact) mass is 289 g/mol. The van der Waals surface area contributed by atoms with Crippen molar-refractivity contribution < 1.29 is 13.9 Å². The van der Waals surface area contributed by atoms with Crippen LogP contribution in [0.5, 0.6) is 11.5 Å². The van der Waals surface area contributed by atoms with Crippen molar-refractivity contribution in [3.63, 3.8) is 0 Å². The summed E-state index contributed by atoms with van der Waals surface area (Å²) >= 11 is 0. The van der Waals surface area contributed by atoms with Gasteiger partial charge in [-0.1, -0.05) is 0 Å². The van der Waals surface area contributed by atoms with Crippen molar-refractivity contribution in [1.29, 1.82) is 0 Å². The van der Waals surface area contributed by atoms with Crippen LogP contribution in [0.1, 0.15) is 5.76 Å². The highest BCUT2D eigenvalue weighted by atomic mass is 16.5. The fourth-order valence-corrected chi connectivity index (χ4v) is 1.84. The summed E-state index contributed by atoms with van der Waals surface area (Å²) in [5.74, 6) is 2.52. The third kappa shape index (κ3) is 4.17. The van der Waals surface area contributed by atoms with E-state index in [1.807, 2.05) is 18.2 Å². The second-order valence-corrected chi connectivity index (χ2v) is 4.29. The van der Waals surface area contributed by atoms with Gasteiger partial charge in [0.2, 0.25) is 0 Å². The van der Waals surface area contributed by atoms with Crippen LogP contribution < -0.4 is 20.5 Å². The van der Waals surface area contributed by atoms with Crippen LogP contribution in [0.4, 0.5) is 5.69 Å². The van der Waals surface area contributed by atoms with E-state index >= 15 is 0 Å². The van der Waals surface area contributed by atoms with Gasteiger partial charge in [-0.25, -0.2) is 0 Å². The third-order valence-electron chi connectivity index (χ3n) is 2.88. The number of anilines is 1. The maximum Gasteiger partial charge on any atom is 0.193 e. The fourth-order valence-electron chi connectivity index (χ4n) is 1.84. The SMILES string of the molecule is COc1ccc(NC(N)=NCCc2ccco2)cc1OC. The highest BCUT2D eigenvalue weighted by Crippen LogP contribution is 2.29. The Bertz CT molecular complexity index is 594. The first-order chi connectivity index (χ1) is 10.2. The van der Waals surface area contributed by atoms with Gasteiger partial charge in [-0.2, -0.15) is 0 Å². The molecule has 0 radical (unpaired) electrons. The predicted octanol–water partition coefficient (Wildman–Crippen LogP) is 2.27. The molecule has 0 saturated heterocycles. The second kappa shape index (κ2) is 7.23. The third-order valence-corrected chi connectivity index (χ3v) is 2.88. The molecular weight excluding hydrogens is 270 g/mol. The molecule has 0 unspecified atom stereocenters. The molecule has 6 nitrogen and oxygen atoms in total. The van der Waals surface area contributed by atoms with Crippen molar-refractivity contribution in [3.8, 4) is 11.5 Å². The molecule has 0 saturated carbocycles. The summed E-state index contributed by atoms with van der Waals surface area (Å²) in [5, 5.41) is 3.01. The van der Waals surface area contributed by atoms with E-state index in [9.17, 15) is 0 Å². The zero-order valence-corrected chi connectivity index (χ0v) is 12.1. The molecule has 0 aliphatic carbocycles. The summed E-state index contributed by atoms with van der Waals surface area (Å²) in [7, 11) is 3.18. The van der Waals surface area contributed by atoms with Gasteiger partial charge >= 0.3 is 0 Å². The van der Waals surface area contributed by atoms with Gasteiger partial charge in [-0.3, -0.25) is 4.99 Å². The molecule has 6 heteroatoms. The van der Waals surface area contributed by atoms with E-state index in [2.05, 4.69) is 10.3 Å². The van der Waals surface area contributed by atoms with E-state index in [0.29, 0.717) is 30.4 Å². The van der Waals surface area contributed by atoms with E-state index in [1.165, 1.54) is 0 Å². The van der Waals surface area contributed by atoms with Crippen LogP contribution in [0.2, 0.25) is 0 Å². The average molecular weight is 289 g/mol. The van der Waals surface area contributed by atoms with Gasteiger partial charge in [0.25, 0.3) is 0 Å². The van der Waals surface area contributed by atoms with Gasteiger partial charge in [-0.05, 0) is 24.3 Å². The van der Waals surface area contributed by atoms with E-state index in [0.717, 1.165) is 11.4 Å². The average Bonchev–Trinajstić information content (AvgIpc) is 3.00. The normalized spacial score (nSPS) is 11.2. The lowest BCUT2D eigenvalue weighted by Crippen LogP contribution is -2.23. The largest absolute Gasteiger partial charge is 0.493 e. The Kier molecular flexibility index (Phi) is 5.09. The standard InChI is InChI=1S/C15H19N3O3/c1-19-13-6-5-11(10-14(13)20-2)18-15(16)17-8-7-12-4-3-9-21-12/h3-6,9-10H,7-8H2,1-2H3,(H3,16,17,18). The molecule has 1 aromatic carbocycles. The lowest BCUT2D eigenvalue weighted by Gasteiger charge is -2.10. The van der Waals surface area contributed by atoms with Crippen LogP contribution in [-0.2, 0) is 6.42 Å². The van der Waals surface area contributed by atoms with Crippen LogP contribution in [0.15, 0.2) is 46.0 Å². The number of methoxy groups -OCH3 is 2. The van der Waals surface area contributed by atoms with Crippen molar-refractivity contribution in [3.05, 3.63) is 42.4 Å². The number of hydrogen-bond acceptors (Lipinski definition) is 4. The van der Waals surface area contributed by atoms with Crippen molar-refractivity contribution in [1.82, 2.24) is 0 Å². The van der Waals surface area contributed by atoms with Crippen LogP contribution in [0.3, 0.4) is 0 Å². The first-order valence-electron chi connectivity index (χ1n) is 6.54. The van der Waals surface area contributed by atoms with Gasteiger partial charge in [-0.15, -0.1) is 0 Å². The first-order valence-corrected chi connectivity index (χ1v) is 6.54. The molecule has 2 rings (SSSR count). The highest BCUT2D eigenvalue weighted by molar-refractivity contribution is 5.92. The Hall–Kier alpha value is -2.63.